The Kier molecular flexibility index (Phi) is 5.28. The summed E-state index contributed by atoms with van der Waals surface area (Å²) in [5.41, 5.74) is 0.0335. The Bertz CT molecular complexity index is 391. The maximum atomic E-state index is 12.7. The van der Waals surface area contributed by atoms with Crippen molar-refractivity contribution in [2.24, 2.45) is 17.3 Å². The molecule has 0 aromatic heterocycles. The summed E-state index contributed by atoms with van der Waals surface area (Å²) in [5.74, 6) is -1.06. The van der Waals surface area contributed by atoms with Crippen LogP contribution in [0.5, 0.6) is 0 Å². The lowest BCUT2D eigenvalue weighted by Crippen LogP contribution is -2.48. The Balaban J connectivity index is 2.03. The molecule has 1 amide bonds. The predicted molar refractivity (Wildman–Crippen MR) is 81.9 cm³/mol. The Morgan fingerprint density at radius 2 is 1.67 bits per heavy atom. The van der Waals surface area contributed by atoms with Crippen LogP contribution in [0.25, 0.3) is 0 Å². The molecule has 0 saturated heterocycles. The van der Waals surface area contributed by atoms with Crippen LogP contribution in [0.15, 0.2) is 0 Å². The number of nitrogens with one attached hydrogen (secondary N) is 1. The molecule has 4 nitrogen and oxygen atoms in total. The lowest BCUT2D eigenvalue weighted by Gasteiger charge is -2.38. The molecule has 2 N–H and O–H groups in total. The smallest absolute Gasteiger partial charge is 0.308 e. The first-order valence-electron chi connectivity index (χ1n) is 8.45. The van der Waals surface area contributed by atoms with Crippen molar-refractivity contribution >= 4 is 11.9 Å². The fourth-order valence-electron chi connectivity index (χ4n) is 4.04. The van der Waals surface area contributed by atoms with Crippen LogP contribution in [0.4, 0.5) is 0 Å². The van der Waals surface area contributed by atoms with Gasteiger partial charge in [-0.25, -0.2) is 0 Å². The third-order valence-electron chi connectivity index (χ3n) is 5.48. The van der Waals surface area contributed by atoms with E-state index >= 15 is 0 Å². The number of rotatable bonds is 3. The van der Waals surface area contributed by atoms with Gasteiger partial charge in [-0.1, -0.05) is 46.0 Å². The van der Waals surface area contributed by atoms with E-state index in [9.17, 15) is 14.7 Å². The Hall–Kier alpha value is -1.06. The summed E-state index contributed by atoms with van der Waals surface area (Å²) in [6, 6.07) is -0.185. The highest BCUT2D eigenvalue weighted by Crippen LogP contribution is 2.40. The van der Waals surface area contributed by atoms with Gasteiger partial charge < -0.3 is 10.4 Å². The van der Waals surface area contributed by atoms with E-state index < -0.39 is 11.9 Å². The molecule has 4 heteroatoms. The molecular formula is C17H29NO3. The van der Waals surface area contributed by atoms with Crippen molar-refractivity contribution in [3.05, 3.63) is 0 Å². The molecule has 0 radical (unpaired) electrons. The highest BCUT2D eigenvalue weighted by Gasteiger charge is 2.39. The van der Waals surface area contributed by atoms with E-state index in [1.54, 1.807) is 0 Å². The maximum absolute atomic E-state index is 12.7. The summed E-state index contributed by atoms with van der Waals surface area (Å²) in [7, 11) is 0. The average molecular weight is 295 g/mol. The minimum absolute atomic E-state index is 0.0314. The summed E-state index contributed by atoms with van der Waals surface area (Å²) in [6.45, 7) is 4.33. The molecule has 3 atom stereocenters. The second kappa shape index (κ2) is 6.80. The van der Waals surface area contributed by atoms with E-state index in [1.165, 1.54) is 6.42 Å². The highest BCUT2D eigenvalue weighted by atomic mass is 16.4. The van der Waals surface area contributed by atoms with Crippen molar-refractivity contribution in [3.63, 3.8) is 0 Å². The monoisotopic (exact) mass is 295 g/mol. The van der Waals surface area contributed by atoms with Gasteiger partial charge in [0.25, 0.3) is 0 Å². The zero-order valence-electron chi connectivity index (χ0n) is 13.4. The maximum Gasteiger partial charge on any atom is 0.308 e. The van der Waals surface area contributed by atoms with E-state index in [2.05, 4.69) is 19.2 Å². The second-order valence-corrected chi connectivity index (χ2v) is 7.48. The molecule has 0 aliphatic heterocycles. The number of amides is 1. The molecule has 2 aliphatic rings. The van der Waals surface area contributed by atoms with Crippen LogP contribution in [0.1, 0.15) is 71.6 Å². The third-order valence-corrected chi connectivity index (χ3v) is 5.48. The van der Waals surface area contributed by atoms with Crippen LogP contribution in [0.3, 0.4) is 0 Å². The topological polar surface area (TPSA) is 66.4 Å². The Morgan fingerprint density at radius 3 is 2.33 bits per heavy atom. The summed E-state index contributed by atoms with van der Waals surface area (Å²) >= 11 is 0. The van der Waals surface area contributed by atoms with Crippen molar-refractivity contribution in [2.75, 3.05) is 0 Å². The lowest BCUT2D eigenvalue weighted by atomic mass is 9.68. The van der Waals surface area contributed by atoms with Gasteiger partial charge in [0.2, 0.25) is 5.91 Å². The van der Waals surface area contributed by atoms with Crippen molar-refractivity contribution in [1.82, 2.24) is 5.32 Å². The standard InChI is InChI=1S/C17H29NO3/c1-17(2)11-7-6-9-13(17)15(19)18-14-10-5-3-4-8-12(14)16(20)21/h12-14H,3-11H2,1-2H3,(H,18,19)(H,20,21). The molecule has 0 bridgehead atoms. The van der Waals surface area contributed by atoms with Gasteiger partial charge in [0.1, 0.15) is 0 Å². The predicted octanol–water partition coefficient (Wildman–Crippen LogP) is 3.35. The first-order valence-corrected chi connectivity index (χ1v) is 8.45. The molecule has 120 valence electrons. The first-order chi connectivity index (χ1) is 9.92. The normalized spacial score (nSPS) is 33.0. The van der Waals surface area contributed by atoms with Gasteiger partial charge in [-0.05, 0) is 31.1 Å². The summed E-state index contributed by atoms with van der Waals surface area (Å²) < 4.78 is 0. The van der Waals surface area contributed by atoms with E-state index in [0.717, 1.165) is 44.9 Å². The van der Waals surface area contributed by atoms with Gasteiger partial charge >= 0.3 is 5.97 Å². The molecule has 2 fully saturated rings. The quantitative estimate of drug-likeness (QED) is 0.785. The molecule has 2 aliphatic carbocycles. The second-order valence-electron chi connectivity index (χ2n) is 7.48. The van der Waals surface area contributed by atoms with Crippen LogP contribution in [-0.2, 0) is 9.59 Å². The summed E-state index contributed by atoms with van der Waals surface area (Å²) in [4.78, 5) is 24.1. The zero-order chi connectivity index (χ0) is 15.5. The number of hydrogen-bond donors (Lipinski definition) is 2. The zero-order valence-corrected chi connectivity index (χ0v) is 13.4. The molecule has 0 spiro atoms. The average Bonchev–Trinajstić information content (AvgIpc) is 2.63. The minimum Gasteiger partial charge on any atom is -0.481 e. The largest absolute Gasteiger partial charge is 0.481 e. The fraction of sp³-hybridized carbons (Fsp3) is 0.882. The molecular weight excluding hydrogens is 266 g/mol. The molecule has 3 unspecified atom stereocenters. The number of hydrogen-bond acceptors (Lipinski definition) is 2. The first kappa shape index (κ1) is 16.3. The van der Waals surface area contributed by atoms with Crippen LogP contribution in [0.2, 0.25) is 0 Å². The summed E-state index contributed by atoms with van der Waals surface area (Å²) in [5, 5.41) is 12.5. The van der Waals surface area contributed by atoms with Crippen molar-refractivity contribution in [3.8, 4) is 0 Å². The van der Waals surface area contributed by atoms with Crippen LogP contribution in [0, 0.1) is 17.3 Å². The van der Waals surface area contributed by atoms with Crippen LogP contribution < -0.4 is 5.32 Å². The number of aliphatic carboxylic acids is 1. The van der Waals surface area contributed by atoms with Crippen LogP contribution >= 0.6 is 0 Å². The minimum atomic E-state index is -0.759. The SMILES string of the molecule is CC1(C)CCCCC1C(=O)NC1CCCCCC1C(=O)O. The van der Waals surface area contributed by atoms with E-state index in [-0.39, 0.29) is 23.3 Å². The Morgan fingerprint density at radius 1 is 1.00 bits per heavy atom. The molecule has 21 heavy (non-hydrogen) atoms. The number of carbonyl (C=O) groups excluding carboxylic acids is 1. The van der Waals surface area contributed by atoms with Gasteiger partial charge in [0.15, 0.2) is 0 Å². The van der Waals surface area contributed by atoms with E-state index in [4.69, 9.17) is 0 Å². The fourth-order valence-corrected chi connectivity index (χ4v) is 4.04. The molecule has 0 aromatic rings. The van der Waals surface area contributed by atoms with Gasteiger partial charge in [-0.2, -0.15) is 0 Å². The third kappa shape index (κ3) is 3.98. The number of carbonyl (C=O) groups is 2. The highest BCUT2D eigenvalue weighted by molar-refractivity contribution is 5.81. The van der Waals surface area contributed by atoms with Gasteiger partial charge in [0, 0.05) is 12.0 Å². The molecule has 0 aromatic carbocycles. The van der Waals surface area contributed by atoms with Crippen molar-refractivity contribution in [2.45, 2.75) is 77.7 Å². The van der Waals surface area contributed by atoms with Gasteiger partial charge in [-0.15, -0.1) is 0 Å². The summed E-state index contributed by atoms with van der Waals surface area (Å²) in [6.07, 6.45) is 8.85. The molecule has 2 rings (SSSR count). The lowest BCUT2D eigenvalue weighted by molar-refractivity contribution is -0.143. The molecule has 0 heterocycles. The number of carboxylic acid groups (broad SMARTS) is 1. The van der Waals surface area contributed by atoms with E-state index in [0.29, 0.717) is 6.42 Å². The van der Waals surface area contributed by atoms with Crippen molar-refractivity contribution < 1.29 is 14.7 Å². The van der Waals surface area contributed by atoms with Gasteiger partial charge in [0.05, 0.1) is 5.92 Å². The molecule has 2 saturated carbocycles. The Labute approximate surface area is 127 Å². The number of carboxylic acids is 1. The van der Waals surface area contributed by atoms with Crippen molar-refractivity contribution in [1.29, 1.82) is 0 Å². The van der Waals surface area contributed by atoms with Crippen LogP contribution in [-0.4, -0.2) is 23.0 Å². The van der Waals surface area contributed by atoms with Gasteiger partial charge in [-0.3, -0.25) is 9.59 Å². The van der Waals surface area contributed by atoms with E-state index in [1.807, 2.05) is 0 Å².